The molecule has 1 heterocycles. The first-order valence-corrected chi connectivity index (χ1v) is 10.1. The van der Waals surface area contributed by atoms with Gasteiger partial charge >= 0.3 is 159 Å². The van der Waals surface area contributed by atoms with Gasteiger partial charge in [0.15, 0.2) is 0 Å². The van der Waals surface area contributed by atoms with Crippen LogP contribution in [0.1, 0.15) is 12.0 Å². The quantitative estimate of drug-likeness (QED) is 0.361. The molecule has 0 N–H and O–H groups in total. The van der Waals surface area contributed by atoms with Gasteiger partial charge in [-0.15, -0.1) is 24.8 Å². The summed E-state index contributed by atoms with van der Waals surface area (Å²) in [4.78, 5) is 4.61. The Morgan fingerprint density at radius 2 is 1.50 bits per heavy atom. The molecule has 0 amide bonds. The van der Waals surface area contributed by atoms with E-state index in [1.807, 2.05) is 12.3 Å². The molecule has 1 aromatic heterocycles. The normalized spacial score (nSPS) is 12.9. The van der Waals surface area contributed by atoms with Gasteiger partial charge in [0.25, 0.3) is 0 Å². The number of benzene rings is 3. The fourth-order valence-electron chi connectivity index (χ4n) is 3.54. The van der Waals surface area contributed by atoms with Crippen molar-refractivity contribution in [2.75, 3.05) is 0 Å². The van der Waals surface area contributed by atoms with Crippen molar-refractivity contribution in [1.29, 1.82) is 0 Å². The van der Waals surface area contributed by atoms with Crippen LogP contribution in [0.5, 0.6) is 0 Å². The molecule has 0 saturated carbocycles. The zero-order valence-electron chi connectivity index (χ0n) is 15.0. The Kier molecular flexibility index (Phi) is 6.60. The van der Waals surface area contributed by atoms with Crippen molar-refractivity contribution in [3.63, 3.8) is 0 Å². The number of halogens is 2. The van der Waals surface area contributed by atoms with Gasteiger partial charge in [0, 0.05) is 0 Å². The number of hydrogen-bond donors (Lipinski definition) is 0. The molecule has 0 atom stereocenters. The van der Waals surface area contributed by atoms with Crippen molar-refractivity contribution in [1.82, 2.24) is 4.98 Å². The Balaban J connectivity index is 0.00000112. The number of hydrogen-bond acceptors (Lipinski definition) is 1. The van der Waals surface area contributed by atoms with E-state index in [1.54, 1.807) is 0 Å². The second-order valence-corrected chi connectivity index (χ2v) is 8.26. The van der Waals surface area contributed by atoms with Gasteiger partial charge in [-0.25, -0.2) is 0 Å². The molecule has 140 valence electrons. The third kappa shape index (κ3) is 3.88. The first-order chi connectivity index (χ1) is 12.9. The monoisotopic (exact) mass is 443 g/mol. The van der Waals surface area contributed by atoms with Gasteiger partial charge in [0.05, 0.1) is 0 Å². The number of para-hydroxylation sites is 1. The van der Waals surface area contributed by atoms with Crippen molar-refractivity contribution >= 4 is 56.5 Å². The van der Waals surface area contributed by atoms with E-state index in [-0.39, 0.29) is 24.8 Å². The molecular formula is C24H19Cl2CrN. The maximum atomic E-state index is 4.61. The fourth-order valence-corrected chi connectivity index (χ4v) is 5.18. The van der Waals surface area contributed by atoms with Crippen LogP contribution in [0, 0.1) is 0 Å². The van der Waals surface area contributed by atoms with E-state index < -0.39 is 0 Å². The SMILES string of the molecule is C1=[C]([Cr][c]2cccc3cccnc23)CC=C1c1cccc2ccccc12.Cl.Cl. The summed E-state index contributed by atoms with van der Waals surface area (Å²) in [5.41, 5.74) is 3.84. The standard InChI is InChI=1S/C15H11.C9H6N.2ClH.Cr/c1-2-7-12(6-1)15-11-5-9-13-8-3-4-10-14(13)15;1-2-6-9-8(4-1)5-3-7-10-9;;;/h3-11H,1H2;1-5,7H;2*1H;. The topological polar surface area (TPSA) is 12.9 Å². The summed E-state index contributed by atoms with van der Waals surface area (Å²) in [6.45, 7) is 0. The van der Waals surface area contributed by atoms with E-state index >= 15 is 0 Å². The van der Waals surface area contributed by atoms with Crippen LogP contribution in [-0.2, 0) is 15.2 Å². The van der Waals surface area contributed by atoms with E-state index in [1.165, 1.54) is 36.2 Å². The van der Waals surface area contributed by atoms with Crippen LogP contribution in [0.3, 0.4) is 0 Å². The molecule has 0 spiro atoms. The van der Waals surface area contributed by atoms with Crippen molar-refractivity contribution in [2.45, 2.75) is 6.42 Å². The summed E-state index contributed by atoms with van der Waals surface area (Å²) in [6, 6.07) is 25.9. The Morgan fingerprint density at radius 1 is 0.750 bits per heavy atom. The van der Waals surface area contributed by atoms with E-state index in [2.05, 4.69) is 83.9 Å². The van der Waals surface area contributed by atoms with Gasteiger partial charge in [-0.1, -0.05) is 0 Å². The number of rotatable bonds is 3. The maximum absolute atomic E-state index is 4.61. The Bertz CT molecular complexity index is 1190. The molecule has 28 heavy (non-hydrogen) atoms. The van der Waals surface area contributed by atoms with Crippen molar-refractivity contribution in [3.05, 3.63) is 101 Å². The second-order valence-electron chi connectivity index (χ2n) is 6.43. The average Bonchev–Trinajstić information content (AvgIpc) is 3.16. The van der Waals surface area contributed by atoms with Crippen LogP contribution in [0.25, 0.3) is 27.2 Å². The molecule has 1 aliphatic rings. The minimum atomic E-state index is 0. The molecule has 1 nitrogen and oxygen atoms in total. The number of aromatic nitrogens is 1. The van der Waals surface area contributed by atoms with Crippen LogP contribution in [0.4, 0.5) is 0 Å². The molecule has 1 aliphatic carbocycles. The minimum absolute atomic E-state index is 0. The van der Waals surface area contributed by atoms with Gasteiger partial charge in [-0.3, -0.25) is 0 Å². The van der Waals surface area contributed by atoms with Crippen molar-refractivity contribution in [2.24, 2.45) is 0 Å². The molecule has 0 unspecified atom stereocenters. The second kappa shape index (κ2) is 8.95. The van der Waals surface area contributed by atoms with Crippen LogP contribution < -0.4 is 4.43 Å². The van der Waals surface area contributed by atoms with E-state index in [4.69, 9.17) is 0 Å². The molecule has 0 fully saturated rings. The van der Waals surface area contributed by atoms with Gasteiger partial charge in [-0.05, 0) is 0 Å². The maximum Gasteiger partial charge on any atom is -0.147 e. The summed E-state index contributed by atoms with van der Waals surface area (Å²) in [5, 5.41) is 3.86. The molecule has 5 rings (SSSR count). The van der Waals surface area contributed by atoms with E-state index in [9.17, 15) is 0 Å². The number of nitrogens with zero attached hydrogens (tertiary/aromatic N) is 1. The molecular weight excluding hydrogens is 425 g/mol. The number of fused-ring (bicyclic) bond motifs is 2. The zero-order valence-corrected chi connectivity index (χ0v) is 17.9. The Labute approximate surface area is 183 Å². The third-order valence-corrected chi connectivity index (χ3v) is 6.49. The molecule has 0 saturated heterocycles. The first kappa shape index (κ1) is 20.7. The predicted octanol–water partition coefficient (Wildman–Crippen LogP) is 6.31. The average molecular weight is 444 g/mol. The van der Waals surface area contributed by atoms with E-state index in [0.717, 1.165) is 11.9 Å². The summed E-state index contributed by atoms with van der Waals surface area (Å²) in [7, 11) is 0. The van der Waals surface area contributed by atoms with Gasteiger partial charge in [0.2, 0.25) is 0 Å². The van der Waals surface area contributed by atoms with Crippen LogP contribution >= 0.6 is 24.8 Å². The fraction of sp³-hybridized carbons (Fsp3) is 0.0417. The minimum Gasteiger partial charge on any atom is -0.147 e. The predicted molar refractivity (Wildman–Crippen MR) is 120 cm³/mol. The number of pyridine rings is 1. The molecule has 4 aromatic rings. The van der Waals surface area contributed by atoms with Crippen LogP contribution in [0.15, 0.2) is 95.6 Å². The number of allylic oxidation sites excluding steroid dienone is 4. The molecule has 3 aromatic carbocycles. The van der Waals surface area contributed by atoms with Crippen LogP contribution in [-0.4, -0.2) is 4.98 Å². The summed E-state index contributed by atoms with van der Waals surface area (Å²) < 4.78 is 2.88. The smallest absolute Gasteiger partial charge is 0.147 e. The molecule has 0 radical (unpaired) electrons. The molecule has 0 aliphatic heterocycles. The Hall–Kier alpha value is -2.08. The van der Waals surface area contributed by atoms with Gasteiger partial charge < -0.3 is 0 Å². The summed E-state index contributed by atoms with van der Waals surface area (Å²) in [5.74, 6) is 0. The van der Waals surface area contributed by atoms with Crippen molar-refractivity contribution in [3.8, 4) is 0 Å². The van der Waals surface area contributed by atoms with Crippen LogP contribution in [0.2, 0.25) is 0 Å². The summed E-state index contributed by atoms with van der Waals surface area (Å²) in [6.07, 6.45) is 7.70. The van der Waals surface area contributed by atoms with Gasteiger partial charge in [0.1, 0.15) is 0 Å². The molecule has 4 heteroatoms. The van der Waals surface area contributed by atoms with Crippen molar-refractivity contribution < 1.29 is 15.2 Å². The Morgan fingerprint density at radius 3 is 2.43 bits per heavy atom. The van der Waals surface area contributed by atoms with Gasteiger partial charge in [-0.2, -0.15) is 0 Å². The zero-order chi connectivity index (χ0) is 17.3. The largest absolute Gasteiger partial charge is 0.147 e. The third-order valence-electron chi connectivity index (χ3n) is 4.78. The summed E-state index contributed by atoms with van der Waals surface area (Å²) >= 11 is 0.302. The molecule has 0 bridgehead atoms. The van der Waals surface area contributed by atoms with E-state index in [0.29, 0.717) is 15.2 Å². The first-order valence-electron chi connectivity index (χ1n) is 8.79.